The summed E-state index contributed by atoms with van der Waals surface area (Å²) in [5.41, 5.74) is 0. The van der Waals surface area contributed by atoms with Gasteiger partial charge in [0.2, 0.25) is 5.95 Å². The van der Waals surface area contributed by atoms with Crippen molar-refractivity contribution in [1.82, 2.24) is 30.4 Å². The molecular weight excluding hydrogens is 479 g/mol. The Morgan fingerprint density at radius 3 is 2.17 bits per heavy atom. The minimum Gasteiger partial charge on any atom is -0.355 e. The van der Waals surface area contributed by atoms with Gasteiger partial charge in [-0.1, -0.05) is 0 Å². The van der Waals surface area contributed by atoms with Crippen molar-refractivity contribution in [3.8, 4) is 0 Å². The van der Waals surface area contributed by atoms with E-state index in [1.165, 1.54) is 0 Å². The molecule has 1 fully saturated rings. The van der Waals surface area contributed by atoms with Crippen LogP contribution in [0.3, 0.4) is 0 Å². The number of rotatable bonds is 9. The Morgan fingerprint density at radius 2 is 1.62 bits per heavy atom. The van der Waals surface area contributed by atoms with Gasteiger partial charge >= 0.3 is 0 Å². The van der Waals surface area contributed by atoms with Crippen molar-refractivity contribution in [3.05, 3.63) is 18.5 Å². The second kappa shape index (κ2) is 13.9. The van der Waals surface area contributed by atoms with Crippen molar-refractivity contribution in [3.63, 3.8) is 0 Å². The van der Waals surface area contributed by atoms with E-state index in [1.54, 1.807) is 12.4 Å². The molecule has 0 atom stereocenters. The number of aromatic nitrogens is 2. The minimum atomic E-state index is 0. The highest BCUT2D eigenvalue weighted by atomic mass is 127. The minimum absolute atomic E-state index is 0. The number of piperazine rings is 1. The predicted molar refractivity (Wildman–Crippen MR) is 132 cm³/mol. The van der Waals surface area contributed by atoms with Gasteiger partial charge in [0.25, 0.3) is 0 Å². The van der Waals surface area contributed by atoms with Crippen molar-refractivity contribution in [1.29, 1.82) is 0 Å². The van der Waals surface area contributed by atoms with Crippen molar-refractivity contribution >= 4 is 35.9 Å². The van der Waals surface area contributed by atoms with Gasteiger partial charge in [-0.25, -0.2) is 9.97 Å². The summed E-state index contributed by atoms with van der Waals surface area (Å²) in [5, 5.41) is 6.86. The number of aliphatic imine (C=N–C) groups is 1. The SMILES string of the molecule is CN=C(NCCN1CCN(c2ncccn2)CC1)NCCN(C(C)C)C(C)C.I. The third-order valence-corrected chi connectivity index (χ3v) is 5.14. The van der Waals surface area contributed by atoms with Gasteiger partial charge in [0.15, 0.2) is 5.96 Å². The first-order chi connectivity index (χ1) is 13.5. The molecule has 166 valence electrons. The molecule has 1 aromatic heterocycles. The fourth-order valence-electron chi connectivity index (χ4n) is 3.60. The lowest BCUT2D eigenvalue weighted by molar-refractivity contribution is 0.178. The molecule has 2 N–H and O–H groups in total. The molecule has 2 rings (SSSR count). The monoisotopic (exact) mass is 518 g/mol. The zero-order chi connectivity index (χ0) is 20.4. The molecule has 1 aromatic rings. The topological polar surface area (TPSA) is 71.9 Å². The van der Waals surface area contributed by atoms with Crippen LogP contribution < -0.4 is 15.5 Å². The molecule has 0 saturated carbocycles. The van der Waals surface area contributed by atoms with Gasteiger partial charge in [0, 0.05) is 83.9 Å². The van der Waals surface area contributed by atoms with Gasteiger partial charge in [0.05, 0.1) is 0 Å². The van der Waals surface area contributed by atoms with Gasteiger partial charge in [-0.2, -0.15) is 0 Å². The van der Waals surface area contributed by atoms with E-state index in [1.807, 2.05) is 13.1 Å². The van der Waals surface area contributed by atoms with E-state index in [4.69, 9.17) is 0 Å². The molecule has 0 unspecified atom stereocenters. The molecule has 0 spiro atoms. The molecule has 0 bridgehead atoms. The first kappa shape index (κ1) is 25.8. The summed E-state index contributed by atoms with van der Waals surface area (Å²) in [7, 11) is 1.83. The molecular formula is C20H39IN8. The van der Waals surface area contributed by atoms with Crippen LogP contribution >= 0.6 is 24.0 Å². The van der Waals surface area contributed by atoms with Crippen LogP contribution in [0.2, 0.25) is 0 Å². The molecule has 1 aliphatic heterocycles. The van der Waals surface area contributed by atoms with Gasteiger partial charge in [-0.05, 0) is 33.8 Å². The summed E-state index contributed by atoms with van der Waals surface area (Å²) in [5.74, 6) is 1.71. The number of nitrogens with one attached hydrogen (secondary N) is 2. The van der Waals surface area contributed by atoms with Crippen LogP contribution in [-0.2, 0) is 0 Å². The first-order valence-corrected chi connectivity index (χ1v) is 10.5. The summed E-state index contributed by atoms with van der Waals surface area (Å²) in [6.45, 7) is 16.8. The number of nitrogens with zero attached hydrogens (tertiary/aromatic N) is 6. The van der Waals surface area contributed by atoms with Crippen LogP contribution in [0.4, 0.5) is 5.95 Å². The molecule has 9 heteroatoms. The van der Waals surface area contributed by atoms with Crippen molar-refractivity contribution in [2.45, 2.75) is 39.8 Å². The molecule has 29 heavy (non-hydrogen) atoms. The second-order valence-corrected chi connectivity index (χ2v) is 7.73. The number of hydrogen-bond donors (Lipinski definition) is 2. The van der Waals surface area contributed by atoms with Crippen LogP contribution in [0.1, 0.15) is 27.7 Å². The summed E-state index contributed by atoms with van der Waals surface area (Å²) in [6.07, 6.45) is 3.61. The van der Waals surface area contributed by atoms with Crippen LogP contribution in [0, 0.1) is 0 Å². The summed E-state index contributed by atoms with van der Waals surface area (Å²) < 4.78 is 0. The van der Waals surface area contributed by atoms with E-state index >= 15 is 0 Å². The fraction of sp³-hybridized carbons (Fsp3) is 0.750. The van der Waals surface area contributed by atoms with E-state index in [0.717, 1.165) is 64.3 Å². The molecule has 2 heterocycles. The van der Waals surface area contributed by atoms with E-state index in [-0.39, 0.29) is 24.0 Å². The highest BCUT2D eigenvalue weighted by molar-refractivity contribution is 14.0. The summed E-state index contributed by atoms with van der Waals surface area (Å²) in [4.78, 5) is 20.2. The largest absolute Gasteiger partial charge is 0.355 e. The normalized spacial score (nSPS) is 15.7. The average Bonchev–Trinajstić information content (AvgIpc) is 2.70. The molecule has 8 nitrogen and oxygen atoms in total. The highest BCUT2D eigenvalue weighted by Gasteiger charge is 2.18. The summed E-state index contributed by atoms with van der Waals surface area (Å²) in [6, 6.07) is 2.96. The predicted octanol–water partition coefficient (Wildman–Crippen LogP) is 1.50. The van der Waals surface area contributed by atoms with Crippen LogP contribution in [0.15, 0.2) is 23.5 Å². The van der Waals surface area contributed by atoms with Gasteiger partial charge in [-0.3, -0.25) is 14.8 Å². The second-order valence-electron chi connectivity index (χ2n) is 7.73. The summed E-state index contributed by atoms with van der Waals surface area (Å²) >= 11 is 0. The Kier molecular flexibility index (Phi) is 12.4. The quantitative estimate of drug-likeness (QED) is 0.292. The van der Waals surface area contributed by atoms with Crippen LogP contribution in [0.25, 0.3) is 0 Å². The Morgan fingerprint density at radius 1 is 1.03 bits per heavy atom. The maximum atomic E-state index is 4.34. The Labute approximate surface area is 193 Å². The van der Waals surface area contributed by atoms with E-state index in [2.05, 4.69) is 68.0 Å². The lowest BCUT2D eigenvalue weighted by Gasteiger charge is -2.34. The van der Waals surface area contributed by atoms with Gasteiger partial charge in [-0.15, -0.1) is 24.0 Å². The molecule has 1 saturated heterocycles. The number of anilines is 1. The molecule has 1 aliphatic rings. The molecule has 0 amide bonds. The lowest BCUT2D eigenvalue weighted by Crippen LogP contribution is -2.50. The molecule has 0 aromatic carbocycles. The van der Waals surface area contributed by atoms with Crippen molar-refractivity contribution < 1.29 is 0 Å². The third kappa shape index (κ3) is 9.00. The lowest BCUT2D eigenvalue weighted by atomic mass is 10.2. The standard InChI is InChI=1S/C20H38N8.HI/c1-17(2)28(18(3)4)12-10-23-19(21-5)22-9-11-26-13-15-27(16-14-26)20-24-7-6-8-25-20;/h6-8,17-18H,9-16H2,1-5H3,(H2,21,22,23);1H. The zero-order valence-electron chi connectivity index (χ0n) is 18.6. The Hall–Kier alpha value is -1.20. The van der Waals surface area contributed by atoms with Crippen molar-refractivity contribution in [2.24, 2.45) is 4.99 Å². The van der Waals surface area contributed by atoms with E-state index in [9.17, 15) is 0 Å². The number of guanidine groups is 1. The van der Waals surface area contributed by atoms with E-state index in [0.29, 0.717) is 12.1 Å². The highest BCUT2D eigenvalue weighted by Crippen LogP contribution is 2.09. The van der Waals surface area contributed by atoms with Crippen molar-refractivity contribution in [2.75, 3.05) is 64.3 Å². The van der Waals surface area contributed by atoms with Gasteiger partial charge < -0.3 is 15.5 Å². The Balaban J connectivity index is 0.00000420. The number of hydrogen-bond acceptors (Lipinski definition) is 6. The number of halogens is 1. The van der Waals surface area contributed by atoms with Crippen LogP contribution in [0.5, 0.6) is 0 Å². The maximum absolute atomic E-state index is 4.34. The average molecular weight is 518 g/mol. The first-order valence-electron chi connectivity index (χ1n) is 10.5. The van der Waals surface area contributed by atoms with E-state index < -0.39 is 0 Å². The third-order valence-electron chi connectivity index (χ3n) is 5.14. The molecule has 0 aliphatic carbocycles. The molecule has 0 radical (unpaired) electrons. The zero-order valence-corrected chi connectivity index (χ0v) is 21.0. The van der Waals surface area contributed by atoms with Crippen LogP contribution in [-0.4, -0.2) is 97.2 Å². The van der Waals surface area contributed by atoms with Gasteiger partial charge in [0.1, 0.15) is 0 Å². The Bertz CT molecular complexity index is 565. The fourth-order valence-corrected chi connectivity index (χ4v) is 3.60. The smallest absolute Gasteiger partial charge is 0.225 e. The maximum Gasteiger partial charge on any atom is 0.225 e.